The number of hydrogen-bond acceptors (Lipinski definition) is 3. The van der Waals surface area contributed by atoms with E-state index in [4.69, 9.17) is 9.47 Å². The third kappa shape index (κ3) is 3.73. The number of ether oxygens (including phenoxy) is 2. The van der Waals surface area contributed by atoms with Gasteiger partial charge in [-0.15, -0.1) is 0 Å². The van der Waals surface area contributed by atoms with E-state index in [1.165, 1.54) is 0 Å². The van der Waals surface area contributed by atoms with Crippen molar-refractivity contribution >= 4 is 5.91 Å². The predicted octanol–water partition coefficient (Wildman–Crippen LogP) is 2.32. The number of amides is 1. The maximum absolute atomic E-state index is 12.2. The molecule has 2 unspecified atom stereocenters. The number of morpholine rings is 1. The first kappa shape index (κ1) is 14.9. The van der Waals surface area contributed by atoms with Crippen molar-refractivity contribution in [3.05, 3.63) is 29.3 Å². The second-order valence-electron chi connectivity index (χ2n) is 5.61. The van der Waals surface area contributed by atoms with Crippen LogP contribution < -0.4 is 4.74 Å². The van der Waals surface area contributed by atoms with Gasteiger partial charge in [0.15, 0.2) is 6.61 Å². The Kier molecular flexibility index (Phi) is 4.65. The van der Waals surface area contributed by atoms with Crippen molar-refractivity contribution < 1.29 is 14.3 Å². The first-order chi connectivity index (χ1) is 9.45. The minimum Gasteiger partial charge on any atom is -0.483 e. The topological polar surface area (TPSA) is 38.8 Å². The number of carbonyl (C=O) groups excluding carboxylic acids is 1. The highest BCUT2D eigenvalue weighted by Crippen LogP contribution is 2.19. The molecule has 0 N–H and O–H groups in total. The van der Waals surface area contributed by atoms with E-state index in [0.717, 1.165) is 16.9 Å². The molecule has 1 fully saturated rings. The molecule has 0 radical (unpaired) electrons. The normalized spacial score (nSPS) is 22.7. The van der Waals surface area contributed by atoms with Gasteiger partial charge in [-0.2, -0.15) is 0 Å². The third-order valence-corrected chi connectivity index (χ3v) is 3.47. The summed E-state index contributed by atoms with van der Waals surface area (Å²) in [6.07, 6.45) is 0.173. The van der Waals surface area contributed by atoms with E-state index < -0.39 is 0 Å². The largest absolute Gasteiger partial charge is 0.483 e. The van der Waals surface area contributed by atoms with Crippen LogP contribution in [-0.4, -0.2) is 42.7 Å². The lowest BCUT2D eigenvalue weighted by atomic mass is 10.1. The minimum atomic E-state index is 0.0212. The van der Waals surface area contributed by atoms with Gasteiger partial charge >= 0.3 is 0 Å². The van der Waals surface area contributed by atoms with Gasteiger partial charge in [0.1, 0.15) is 5.75 Å². The van der Waals surface area contributed by atoms with E-state index in [1.807, 2.05) is 50.8 Å². The van der Waals surface area contributed by atoms with Gasteiger partial charge in [-0.25, -0.2) is 0 Å². The summed E-state index contributed by atoms with van der Waals surface area (Å²) in [5, 5.41) is 0. The number of rotatable bonds is 3. The lowest BCUT2D eigenvalue weighted by molar-refractivity contribution is -0.145. The number of nitrogens with zero attached hydrogens (tertiary/aromatic N) is 1. The molecular weight excluding hydrogens is 254 g/mol. The quantitative estimate of drug-likeness (QED) is 0.851. The Morgan fingerprint density at radius 3 is 2.60 bits per heavy atom. The molecule has 2 atom stereocenters. The molecule has 0 aromatic heterocycles. The molecule has 0 spiro atoms. The van der Waals surface area contributed by atoms with Crippen LogP contribution in [0.1, 0.15) is 25.0 Å². The second-order valence-corrected chi connectivity index (χ2v) is 5.61. The van der Waals surface area contributed by atoms with Crippen LogP contribution in [-0.2, 0) is 9.53 Å². The molecule has 0 saturated carbocycles. The number of hydrogen-bond donors (Lipinski definition) is 0. The molecular formula is C16H23NO3. The summed E-state index contributed by atoms with van der Waals surface area (Å²) in [4.78, 5) is 14.0. The van der Waals surface area contributed by atoms with Gasteiger partial charge in [0.05, 0.1) is 12.2 Å². The lowest BCUT2D eigenvalue weighted by Crippen LogP contribution is -2.49. The fourth-order valence-electron chi connectivity index (χ4n) is 2.48. The molecule has 1 aliphatic heterocycles. The van der Waals surface area contributed by atoms with E-state index in [2.05, 4.69) is 0 Å². The fourth-order valence-corrected chi connectivity index (χ4v) is 2.48. The fraction of sp³-hybridized carbons (Fsp3) is 0.562. The Hall–Kier alpha value is -1.55. The van der Waals surface area contributed by atoms with Gasteiger partial charge in [0.25, 0.3) is 5.91 Å². The van der Waals surface area contributed by atoms with E-state index in [-0.39, 0.29) is 24.7 Å². The molecule has 1 aromatic carbocycles. The van der Waals surface area contributed by atoms with E-state index in [1.54, 1.807) is 0 Å². The Morgan fingerprint density at radius 1 is 1.30 bits per heavy atom. The van der Waals surface area contributed by atoms with E-state index >= 15 is 0 Å². The second kappa shape index (κ2) is 6.27. The molecule has 0 bridgehead atoms. The highest BCUT2D eigenvalue weighted by Gasteiger charge is 2.26. The number of carbonyl (C=O) groups is 1. The zero-order valence-electron chi connectivity index (χ0n) is 12.7. The van der Waals surface area contributed by atoms with Crippen LogP contribution in [0, 0.1) is 13.8 Å². The van der Waals surface area contributed by atoms with Crippen LogP contribution in [0.3, 0.4) is 0 Å². The summed E-state index contributed by atoms with van der Waals surface area (Å²) in [6.45, 7) is 9.34. The predicted molar refractivity (Wildman–Crippen MR) is 78.0 cm³/mol. The third-order valence-electron chi connectivity index (χ3n) is 3.47. The van der Waals surface area contributed by atoms with Crippen LogP contribution >= 0.6 is 0 Å². The number of aryl methyl sites for hydroxylation is 2. The molecule has 20 heavy (non-hydrogen) atoms. The Balaban J connectivity index is 1.93. The highest BCUT2D eigenvalue weighted by molar-refractivity contribution is 5.78. The maximum atomic E-state index is 12.2. The summed E-state index contributed by atoms with van der Waals surface area (Å²) >= 11 is 0. The molecule has 1 amide bonds. The molecule has 1 aliphatic rings. The van der Waals surface area contributed by atoms with Gasteiger partial charge < -0.3 is 14.4 Å². The van der Waals surface area contributed by atoms with Gasteiger partial charge in [-0.3, -0.25) is 4.79 Å². The molecule has 110 valence electrons. The molecule has 4 nitrogen and oxygen atoms in total. The van der Waals surface area contributed by atoms with Gasteiger partial charge in [0.2, 0.25) is 0 Å². The summed E-state index contributed by atoms with van der Waals surface area (Å²) in [5.74, 6) is 0.806. The Bertz CT molecular complexity index is 477. The summed E-state index contributed by atoms with van der Waals surface area (Å²) in [7, 11) is 0. The van der Waals surface area contributed by atoms with Crippen molar-refractivity contribution in [2.75, 3.05) is 19.7 Å². The average molecular weight is 277 g/mol. The van der Waals surface area contributed by atoms with E-state index in [0.29, 0.717) is 13.1 Å². The molecule has 1 saturated heterocycles. The molecule has 4 heteroatoms. The highest BCUT2D eigenvalue weighted by atomic mass is 16.5. The average Bonchev–Trinajstić information content (AvgIpc) is 2.38. The van der Waals surface area contributed by atoms with Crippen molar-refractivity contribution in [3.63, 3.8) is 0 Å². The molecule has 0 aliphatic carbocycles. The van der Waals surface area contributed by atoms with Crippen molar-refractivity contribution in [2.24, 2.45) is 0 Å². The van der Waals surface area contributed by atoms with Crippen LogP contribution in [0.25, 0.3) is 0 Å². The van der Waals surface area contributed by atoms with E-state index in [9.17, 15) is 4.79 Å². The Labute approximate surface area is 120 Å². The molecule has 2 rings (SSSR count). The van der Waals surface area contributed by atoms with Gasteiger partial charge in [0, 0.05) is 13.1 Å². The van der Waals surface area contributed by atoms with Crippen LogP contribution in [0.15, 0.2) is 18.2 Å². The van der Waals surface area contributed by atoms with Crippen molar-refractivity contribution in [1.29, 1.82) is 0 Å². The minimum absolute atomic E-state index is 0.0212. The Morgan fingerprint density at radius 2 is 1.95 bits per heavy atom. The summed E-state index contributed by atoms with van der Waals surface area (Å²) in [5.41, 5.74) is 2.18. The molecule has 1 aromatic rings. The first-order valence-corrected chi connectivity index (χ1v) is 7.09. The van der Waals surface area contributed by atoms with Crippen LogP contribution in [0.4, 0.5) is 0 Å². The smallest absolute Gasteiger partial charge is 0.260 e. The van der Waals surface area contributed by atoms with Crippen molar-refractivity contribution in [3.8, 4) is 5.75 Å². The first-order valence-electron chi connectivity index (χ1n) is 7.09. The number of benzene rings is 1. The van der Waals surface area contributed by atoms with Crippen molar-refractivity contribution in [1.82, 2.24) is 4.90 Å². The zero-order valence-corrected chi connectivity index (χ0v) is 12.7. The van der Waals surface area contributed by atoms with Crippen LogP contribution in [0.5, 0.6) is 5.75 Å². The maximum Gasteiger partial charge on any atom is 0.260 e. The van der Waals surface area contributed by atoms with Crippen molar-refractivity contribution in [2.45, 2.75) is 39.9 Å². The summed E-state index contributed by atoms with van der Waals surface area (Å²) < 4.78 is 11.3. The van der Waals surface area contributed by atoms with Gasteiger partial charge in [-0.05, 0) is 44.9 Å². The lowest BCUT2D eigenvalue weighted by Gasteiger charge is -2.35. The van der Waals surface area contributed by atoms with Crippen LogP contribution in [0.2, 0.25) is 0 Å². The van der Waals surface area contributed by atoms with Gasteiger partial charge in [-0.1, -0.05) is 12.1 Å². The monoisotopic (exact) mass is 277 g/mol. The summed E-state index contributed by atoms with van der Waals surface area (Å²) in [6, 6.07) is 6.01. The standard InChI is InChI=1S/C16H23NO3/c1-11-5-6-12(2)15(7-11)19-10-16(18)17-8-13(3)20-14(4)9-17/h5-7,13-14H,8-10H2,1-4H3. The SMILES string of the molecule is Cc1ccc(C)c(OCC(=O)N2CC(C)OC(C)C2)c1. The zero-order chi connectivity index (χ0) is 14.7. The molecule has 1 heterocycles.